The number of rotatable bonds is 1. The summed E-state index contributed by atoms with van der Waals surface area (Å²) < 4.78 is 1.99. The van der Waals surface area contributed by atoms with Crippen molar-refractivity contribution in [2.45, 2.75) is 0 Å². The Bertz CT molecular complexity index is 775. The zero-order chi connectivity index (χ0) is 13.6. The van der Waals surface area contributed by atoms with Crippen LogP contribution in [0.1, 0.15) is 0 Å². The Morgan fingerprint density at radius 1 is 0.800 bits per heavy atom. The summed E-state index contributed by atoms with van der Waals surface area (Å²) in [5.41, 5.74) is 1.32. The topological polar surface area (TPSA) is 0 Å². The van der Waals surface area contributed by atoms with Gasteiger partial charge < -0.3 is 24.0 Å². The number of hydrogen-bond acceptors (Lipinski definition) is 0. The van der Waals surface area contributed by atoms with Gasteiger partial charge in [0.05, 0.1) is 21.1 Å². The Morgan fingerprint density at radius 2 is 1.45 bits per heavy atom. The van der Waals surface area contributed by atoms with Gasteiger partial charge in [0.1, 0.15) is 5.69 Å². The monoisotopic (exact) mass is 441 g/mol. The molecule has 0 aliphatic rings. The molecule has 1 nitrogen and oxygen atoms in total. The predicted octanol–water partition coefficient (Wildman–Crippen LogP) is 1.96. The van der Waals surface area contributed by atoms with E-state index in [1.54, 1.807) is 0 Å². The average Bonchev–Trinajstić information content (AvgIpc) is 2.37. The van der Waals surface area contributed by atoms with Gasteiger partial charge in [0.2, 0.25) is 0 Å². The van der Waals surface area contributed by atoms with Crippen LogP contribution in [0.25, 0.3) is 21.5 Å². The first-order valence-electron chi connectivity index (χ1n) is 6.40. The predicted molar refractivity (Wildman–Crippen MR) is 88.7 cm³/mol. The Morgan fingerprint density at radius 3 is 2.10 bits per heavy atom. The minimum Gasteiger partial charge on any atom is -1.00 e. The van der Waals surface area contributed by atoms with Crippen molar-refractivity contribution in [1.82, 2.24) is 4.48 Å². The normalized spacial score (nSPS) is 11.6. The average molecular weight is 442 g/mol. The molecule has 0 saturated carbocycles. The van der Waals surface area contributed by atoms with E-state index < -0.39 is 0 Å². The van der Waals surface area contributed by atoms with E-state index in [1.807, 2.05) is 0 Å². The first-order chi connectivity index (χ1) is 8.97. The zero-order valence-electron chi connectivity index (χ0n) is 11.8. The molecule has 3 heteroatoms. The molecule has 3 aromatic rings. The Hall–Kier alpha value is -0.650. The van der Waals surface area contributed by atoms with E-state index in [2.05, 4.69) is 85.6 Å². The second kappa shape index (κ2) is 5.62. The first kappa shape index (κ1) is 15.7. The number of quaternary nitrogens is 1. The maximum absolute atomic E-state index is 3.67. The van der Waals surface area contributed by atoms with Gasteiger partial charge in [-0.15, -0.1) is 0 Å². The summed E-state index contributed by atoms with van der Waals surface area (Å²) in [6.45, 7) is 0. The van der Waals surface area contributed by atoms with Gasteiger partial charge in [-0.2, -0.15) is 0 Å². The fourth-order valence-electron chi connectivity index (χ4n) is 2.46. The third-order valence-corrected chi connectivity index (χ3v) is 4.22. The van der Waals surface area contributed by atoms with Crippen molar-refractivity contribution >= 4 is 43.2 Å². The molecule has 0 aromatic heterocycles. The van der Waals surface area contributed by atoms with Crippen molar-refractivity contribution in [3.8, 4) is 0 Å². The highest BCUT2D eigenvalue weighted by Gasteiger charge is 2.13. The maximum atomic E-state index is 3.67. The molecule has 0 fully saturated rings. The second-order valence-corrected chi connectivity index (χ2v) is 6.68. The molecule has 0 unspecified atom stereocenters. The standard InChI is InChI=1S/C17H17BrN.HI/c1-19(2,3)13-9-8-12-10-17(18)15-7-5-4-6-14(15)16(12)11-13;/h4-11H,1-3H3;1H/q+1;/p-1. The molecule has 104 valence electrons. The first-order valence-corrected chi connectivity index (χ1v) is 7.19. The lowest BCUT2D eigenvalue weighted by atomic mass is 10.0. The molecular weight excluding hydrogens is 425 g/mol. The van der Waals surface area contributed by atoms with Crippen LogP contribution in [-0.2, 0) is 0 Å². The molecule has 0 N–H and O–H groups in total. The molecule has 3 rings (SSSR count). The number of nitrogens with zero attached hydrogens (tertiary/aromatic N) is 1. The van der Waals surface area contributed by atoms with Crippen molar-refractivity contribution in [1.29, 1.82) is 0 Å². The highest BCUT2D eigenvalue weighted by Crippen LogP contribution is 2.34. The molecule has 0 spiro atoms. The summed E-state index contributed by atoms with van der Waals surface area (Å²) in [6.07, 6.45) is 0. The number of benzene rings is 3. The van der Waals surface area contributed by atoms with Gasteiger partial charge in [-0.25, -0.2) is 0 Å². The molecule has 0 heterocycles. The highest BCUT2D eigenvalue weighted by atomic mass is 127. The number of hydrogen-bond donors (Lipinski definition) is 0. The number of fused-ring (bicyclic) bond motifs is 3. The summed E-state index contributed by atoms with van der Waals surface area (Å²) in [5.74, 6) is 0. The quantitative estimate of drug-likeness (QED) is 0.307. The Labute approximate surface area is 145 Å². The van der Waals surface area contributed by atoms with Crippen molar-refractivity contribution in [3.63, 3.8) is 0 Å². The molecule has 0 radical (unpaired) electrons. The van der Waals surface area contributed by atoms with E-state index in [9.17, 15) is 0 Å². The second-order valence-electron chi connectivity index (χ2n) is 5.82. The van der Waals surface area contributed by atoms with Gasteiger partial charge in [0.15, 0.2) is 0 Å². The van der Waals surface area contributed by atoms with E-state index in [-0.39, 0.29) is 24.0 Å². The van der Waals surface area contributed by atoms with Crippen LogP contribution in [0.5, 0.6) is 0 Å². The van der Waals surface area contributed by atoms with Gasteiger partial charge in [-0.3, -0.25) is 4.48 Å². The van der Waals surface area contributed by atoms with E-state index in [0.717, 1.165) is 8.96 Å². The van der Waals surface area contributed by atoms with Gasteiger partial charge in [0.25, 0.3) is 0 Å². The van der Waals surface area contributed by atoms with Gasteiger partial charge >= 0.3 is 0 Å². The Balaban J connectivity index is 0.00000147. The molecule has 0 aliphatic heterocycles. The van der Waals surface area contributed by atoms with Crippen LogP contribution >= 0.6 is 15.9 Å². The smallest absolute Gasteiger partial charge is 0.132 e. The van der Waals surface area contributed by atoms with Crippen LogP contribution in [0.4, 0.5) is 5.69 Å². The van der Waals surface area contributed by atoms with Crippen LogP contribution < -0.4 is 28.5 Å². The molecular formula is C17H17BrIN. The summed E-state index contributed by atoms with van der Waals surface area (Å²) in [7, 11) is 6.59. The molecule has 0 atom stereocenters. The van der Waals surface area contributed by atoms with Crippen LogP contribution in [0.15, 0.2) is 53.0 Å². The summed E-state index contributed by atoms with van der Waals surface area (Å²) in [4.78, 5) is 0. The van der Waals surface area contributed by atoms with Crippen molar-refractivity contribution in [2.24, 2.45) is 0 Å². The summed E-state index contributed by atoms with van der Waals surface area (Å²) in [5, 5.41) is 5.18. The van der Waals surface area contributed by atoms with E-state index >= 15 is 0 Å². The van der Waals surface area contributed by atoms with E-state index in [1.165, 1.54) is 27.2 Å². The van der Waals surface area contributed by atoms with Crippen LogP contribution in [0, 0.1) is 0 Å². The lowest BCUT2D eigenvalue weighted by Gasteiger charge is -2.24. The molecule has 20 heavy (non-hydrogen) atoms. The Kier molecular flexibility index (Phi) is 4.42. The van der Waals surface area contributed by atoms with Crippen LogP contribution in [-0.4, -0.2) is 21.1 Å². The number of halogens is 2. The molecule has 0 aliphatic carbocycles. The van der Waals surface area contributed by atoms with Crippen LogP contribution in [0.3, 0.4) is 0 Å². The molecule has 3 aromatic carbocycles. The van der Waals surface area contributed by atoms with Crippen molar-refractivity contribution < 1.29 is 24.0 Å². The fourth-order valence-corrected chi connectivity index (χ4v) is 3.05. The zero-order valence-corrected chi connectivity index (χ0v) is 15.6. The van der Waals surface area contributed by atoms with Gasteiger partial charge in [0, 0.05) is 10.5 Å². The largest absolute Gasteiger partial charge is 1.00 e. The lowest BCUT2D eigenvalue weighted by Crippen LogP contribution is -3.00. The SMILES string of the molecule is C[N+](C)(C)c1ccc2cc(Br)c3ccccc3c2c1.[I-]. The highest BCUT2D eigenvalue weighted by molar-refractivity contribution is 9.10. The fraction of sp³-hybridized carbons (Fsp3) is 0.176. The summed E-state index contributed by atoms with van der Waals surface area (Å²) in [6, 6.07) is 17.5. The van der Waals surface area contributed by atoms with E-state index in [4.69, 9.17) is 0 Å². The van der Waals surface area contributed by atoms with Gasteiger partial charge in [-0.05, 0) is 39.7 Å². The lowest BCUT2D eigenvalue weighted by molar-refractivity contribution is -0.00000383. The van der Waals surface area contributed by atoms with E-state index in [0.29, 0.717) is 0 Å². The molecule has 0 amide bonds. The maximum Gasteiger partial charge on any atom is 0.132 e. The van der Waals surface area contributed by atoms with Crippen LogP contribution in [0.2, 0.25) is 0 Å². The third-order valence-electron chi connectivity index (χ3n) is 3.57. The minimum absolute atomic E-state index is 0. The third kappa shape index (κ3) is 2.71. The van der Waals surface area contributed by atoms with Gasteiger partial charge in [-0.1, -0.05) is 40.2 Å². The van der Waals surface area contributed by atoms with Crippen molar-refractivity contribution in [3.05, 3.63) is 53.0 Å². The molecule has 0 bridgehead atoms. The van der Waals surface area contributed by atoms with Crippen molar-refractivity contribution in [2.75, 3.05) is 21.1 Å². The minimum atomic E-state index is 0. The summed E-state index contributed by atoms with van der Waals surface area (Å²) >= 11 is 3.67. The molecule has 0 saturated heterocycles.